The molecule has 3 N–H and O–H groups in total. The van der Waals surface area contributed by atoms with Crippen LogP contribution in [0, 0.1) is 0 Å². The number of rotatable bonds is 4. The molecule has 0 fully saturated rings. The van der Waals surface area contributed by atoms with E-state index in [9.17, 15) is 15.3 Å². The lowest BCUT2D eigenvalue weighted by atomic mass is 10.3. The van der Waals surface area contributed by atoms with Crippen LogP contribution in [0.15, 0.2) is 12.8 Å². The molecule has 0 rings (SSSR count). The molecule has 0 radical (unpaired) electrons. The van der Waals surface area contributed by atoms with Gasteiger partial charge in [0.1, 0.15) is 0 Å². The van der Waals surface area contributed by atoms with Gasteiger partial charge in [0.2, 0.25) is 0 Å². The predicted octanol–water partition coefficient (Wildman–Crippen LogP) is -3.03. The summed E-state index contributed by atoms with van der Waals surface area (Å²) in [7, 11) is 0. The van der Waals surface area contributed by atoms with Crippen LogP contribution in [0.3, 0.4) is 0 Å². The summed E-state index contributed by atoms with van der Waals surface area (Å²) in [4.78, 5) is 0. The Morgan fingerprint density at radius 2 is 1.23 bits per heavy atom. The van der Waals surface area contributed by atoms with Crippen molar-refractivity contribution in [3.8, 4) is 0 Å². The first-order valence-corrected chi connectivity index (χ1v) is 3.95. The van der Waals surface area contributed by atoms with Gasteiger partial charge in [-0.05, 0) is 6.58 Å². The quantitative estimate of drug-likeness (QED) is 0.370. The van der Waals surface area contributed by atoms with Gasteiger partial charge in [-0.2, -0.15) is 0 Å². The average Bonchev–Trinajstić information content (AvgIpc) is 1.86. The molecule has 0 saturated heterocycles. The van der Waals surface area contributed by atoms with E-state index in [4.69, 9.17) is 0 Å². The van der Waals surface area contributed by atoms with Crippen molar-refractivity contribution in [3.63, 3.8) is 0 Å². The van der Waals surface area contributed by atoms with E-state index in [2.05, 4.69) is 6.58 Å². The highest BCUT2D eigenvalue weighted by Crippen LogP contribution is 2.20. The van der Waals surface area contributed by atoms with Crippen LogP contribution in [0.25, 0.3) is 0 Å². The fourth-order valence-electron chi connectivity index (χ4n) is 1.39. The van der Waals surface area contributed by atoms with Crippen LogP contribution in [-0.4, -0.2) is 38.5 Å². The molecular formula is C8H18BrNO3. The van der Waals surface area contributed by atoms with Crippen molar-refractivity contribution < 1.29 is 36.8 Å². The molecule has 0 saturated carbocycles. The first-order valence-electron chi connectivity index (χ1n) is 3.95. The summed E-state index contributed by atoms with van der Waals surface area (Å²) in [5.41, 5.74) is 0. The molecule has 0 spiro atoms. The van der Waals surface area contributed by atoms with E-state index in [1.54, 1.807) is 0 Å². The minimum atomic E-state index is -0.887. The van der Waals surface area contributed by atoms with Gasteiger partial charge in [0.05, 0.1) is 6.20 Å². The molecule has 0 bridgehead atoms. The van der Waals surface area contributed by atoms with Crippen molar-refractivity contribution >= 4 is 0 Å². The van der Waals surface area contributed by atoms with Gasteiger partial charge in [-0.15, -0.1) is 0 Å². The summed E-state index contributed by atoms with van der Waals surface area (Å²) in [5.74, 6) is 0. The van der Waals surface area contributed by atoms with E-state index in [0.29, 0.717) is 0 Å². The summed E-state index contributed by atoms with van der Waals surface area (Å²) in [6.07, 6.45) is -1.31. The second kappa shape index (κ2) is 5.72. The third kappa shape index (κ3) is 2.75. The molecule has 0 aromatic carbocycles. The average molecular weight is 256 g/mol. The van der Waals surface area contributed by atoms with E-state index < -0.39 is 18.7 Å². The van der Waals surface area contributed by atoms with Gasteiger partial charge < -0.3 is 32.3 Å². The molecule has 0 aliphatic rings. The summed E-state index contributed by atoms with van der Waals surface area (Å²) in [5, 5.41) is 28.2. The Balaban J connectivity index is 0. The Bertz CT molecular complexity index is 138. The summed E-state index contributed by atoms with van der Waals surface area (Å²) >= 11 is 0. The normalized spacial score (nSPS) is 22.0. The van der Waals surface area contributed by atoms with Crippen LogP contribution in [0.1, 0.15) is 20.8 Å². The first kappa shape index (κ1) is 15.5. The lowest BCUT2D eigenvalue weighted by Gasteiger charge is -2.41. The van der Waals surface area contributed by atoms with Gasteiger partial charge in [-0.1, -0.05) is 0 Å². The van der Waals surface area contributed by atoms with Gasteiger partial charge in [0.25, 0.3) is 0 Å². The third-order valence-corrected chi connectivity index (χ3v) is 2.26. The maximum absolute atomic E-state index is 9.38. The highest BCUT2D eigenvalue weighted by Gasteiger charge is 2.39. The minimum absolute atomic E-state index is 0. The molecule has 0 heterocycles. The van der Waals surface area contributed by atoms with E-state index in [0.717, 1.165) is 0 Å². The standard InChI is InChI=1S/C8H18NO3.BrH/c1-5-9(6(2)10,7(3)11)8(4)12;/h5-8,10-12H,1H2,2-4H3;1H/q+1;/p-1. The van der Waals surface area contributed by atoms with Gasteiger partial charge in [-0.25, -0.2) is 4.48 Å². The monoisotopic (exact) mass is 255 g/mol. The Labute approximate surface area is 89.5 Å². The van der Waals surface area contributed by atoms with Crippen LogP contribution in [0.2, 0.25) is 0 Å². The Kier molecular flexibility index (Phi) is 6.83. The second-order valence-electron chi connectivity index (χ2n) is 2.97. The first-order chi connectivity index (χ1) is 5.39. The number of nitrogens with zero attached hydrogens (tertiary/aromatic N) is 1. The zero-order valence-corrected chi connectivity index (χ0v) is 9.77. The minimum Gasteiger partial charge on any atom is -1.00 e. The predicted molar refractivity (Wildman–Crippen MR) is 45.5 cm³/mol. The van der Waals surface area contributed by atoms with Crippen LogP contribution >= 0.6 is 0 Å². The molecule has 0 aromatic heterocycles. The van der Waals surface area contributed by atoms with Crippen molar-refractivity contribution in [1.82, 2.24) is 0 Å². The lowest BCUT2D eigenvalue weighted by Crippen LogP contribution is -3.00. The molecule has 5 heteroatoms. The smallest absolute Gasteiger partial charge is 0.195 e. The largest absolute Gasteiger partial charge is 1.00 e. The fourth-order valence-corrected chi connectivity index (χ4v) is 1.39. The maximum atomic E-state index is 9.38. The molecule has 0 aromatic rings. The molecule has 0 aliphatic carbocycles. The summed E-state index contributed by atoms with van der Waals surface area (Å²) in [6.45, 7) is 7.99. The number of hydrogen-bond donors (Lipinski definition) is 3. The van der Waals surface area contributed by atoms with Crippen molar-refractivity contribution in [2.75, 3.05) is 0 Å². The molecular weight excluding hydrogens is 238 g/mol. The van der Waals surface area contributed by atoms with E-state index in [1.807, 2.05) is 0 Å². The van der Waals surface area contributed by atoms with Gasteiger partial charge >= 0.3 is 0 Å². The molecule has 0 amide bonds. The Hall–Kier alpha value is 0.0600. The van der Waals surface area contributed by atoms with Crippen molar-refractivity contribution in [2.45, 2.75) is 39.5 Å². The lowest BCUT2D eigenvalue weighted by molar-refractivity contribution is -1.00. The van der Waals surface area contributed by atoms with Crippen molar-refractivity contribution in [1.29, 1.82) is 0 Å². The van der Waals surface area contributed by atoms with Crippen molar-refractivity contribution in [3.05, 3.63) is 12.8 Å². The zero-order valence-electron chi connectivity index (χ0n) is 8.18. The number of quaternary nitrogens is 1. The maximum Gasteiger partial charge on any atom is 0.195 e. The highest BCUT2D eigenvalue weighted by atomic mass is 79.9. The molecule has 4 nitrogen and oxygen atoms in total. The van der Waals surface area contributed by atoms with Gasteiger partial charge in [0.15, 0.2) is 18.7 Å². The van der Waals surface area contributed by atoms with Gasteiger partial charge in [-0.3, -0.25) is 0 Å². The second-order valence-corrected chi connectivity index (χ2v) is 2.97. The van der Waals surface area contributed by atoms with Crippen LogP contribution in [-0.2, 0) is 0 Å². The van der Waals surface area contributed by atoms with Gasteiger partial charge in [0, 0.05) is 20.8 Å². The van der Waals surface area contributed by atoms with E-state index in [-0.39, 0.29) is 21.5 Å². The van der Waals surface area contributed by atoms with Crippen LogP contribution < -0.4 is 17.0 Å². The van der Waals surface area contributed by atoms with E-state index in [1.165, 1.54) is 27.0 Å². The molecule has 80 valence electrons. The van der Waals surface area contributed by atoms with Crippen molar-refractivity contribution in [2.24, 2.45) is 0 Å². The number of halogens is 1. The Morgan fingerprint density at radius 1 is 1.00 bits per heavy atom. The number of aliphatic hydroxyl groups is 3. The summed E-state index contributed by atoms with van der Waals surface area (Å²) < 4.78 is -0.333. The molecule has 13 heavy (non-hydrogen) atoms. The zero-order chi connectivity index (χ0) is 9.94. The molecule has 0 aliphatic heterocycles. The summed E-state index contributed by atoms with van der Waals surface area (Å²) in [6, 6.07) is 0. The Morgan fingerprint density at radius 3 is 1.23 bits per heavy atom. The van der Waals surface area contributed by atoms with Crippen LogP contribution in [0.4, 0.5) is 0 Å². The SMILES string of the molecule is C=C[N+](C(C)O)(C(C)O)C(C)O.[Br-]. The number of hydrogen-bond acceptors (Lipinski definition) is 3. The van der Waals surface area contributed by atoms with Crippen LogP contribution in [0.5, 0.6) is 0 Å². The number of aliphatic hydroxyl groups excluding tert-OH is 3. The molecule has 3 unspecified atom stereocenters. The third-order valence-electron chi connectivity index (χ3n) is 2.26. The molecule has 3 atom stereocenters. The highest BCUT2D eigenvalue weighted by molar-refractivity contribution is 4.60. The topological polar surface area (TPSA) is 60.7 Å². The van der Waals surface area contributed by atoms with E-state index >= 15 is 0 Å². The fraction of sp³-hybridized carbons (Fsp3) is 0.750.